The van der Waals surface area contributed by atoms with E-state index in [0.29, 0.717) is 5.15 Å². The van der Waals surface area contributed by atoms with E-state index in [0.717, 1.165) is 43.6 Å². The summed E-state index contributed by atoms with van der Waals surface area (Å²) in [7, 11) is 0. The Hall–Kier alpha value is -0.870. The summed E-state index contributed by atoms with van der Waals surface area (Å²) in [6.45, 7) is 8.50. The molecule has 3 rings (SSSR count). The van der Waals surface area contributed by atoms with Crippen LogP contribution in [0.1, 0.15) is 36.8 Å². The second-order valence-electron chi connectivity index (χ2n) is 6.03. The first-order valence-corrected chi connectivity index (χ1v) is 8.03. The maximum atomic E-state index is 6.03. The van der Waals surface area contributed by atoms with Crippen molar-refractivity contribution in [3.63, 3.8) is 0 Å². The molecular weight excluding hydrogens is 272 g/mol. The van der Waals surface area contributed by atoms with Gasteiger partial charge in [0.05, 0.1) is 0 Å². The van der Waals surface area contributed by atoms with Gasteiger partial charge in [-0.3, -0.25) is 4.90 Å². The molecule has 0 unspecified atom stereocenters. The summed E-state index contributed by atoms with van der Waals surface area (Å²) in [5, 5.41) is 8.91. The molecule has 0 N–H and O–H groups in total. The molecule has 0 atom stereocenters. The Morgan fingerprint density at radius 3 is 2.25 bits per heavy atom. The molecule has 1 aromatic heterocycles. The van der Waals surface area contributed by atoms with Gasteiger partial charge in [0, 0.05) is 32.2 Å². The highest BCUT2D eigenvalue weighted by molar-refractivity contribution is 6.30. The van der Waals surface area contributed by atoms with Gasteiger partial charge < -0.3 is 4.90 Å². The zero-order valence-electron chi connectivity index (χ0n) is 12.4. The summed E-state index contributed by atoms with van der Waals surface area (Å²) in [6, 6.07) is 0.830. The highest BCUT2D eigenvalue weighted by Crippen LogP contribution is 2.27. The third kappa shape index (κ3) is 2.63. The third-order valence-corrected chi connectivity index (χ3v) is 5.25. The monoisotopic (exact) mass is 294 g/mol. The Morgan fingerprint density at radius 1 is 0.950 bits per heavy atom. The SMILES string of the molecule is Cc1c(Cl)nnc(N2CCN(C3CCCC3)CC2)c1C. The standard InChI is InChI=1S/C15H23ClN4/c1-11-12(2)15(18-17-14(11)16)20-9-7-19(8-10-20)13-5-3-4-6-13/h13H,3-10H2,1-2H3. The number of anilines is 1. The maximum Gasteiger partial charge on any atom is 0.155 e. The Balaban J connectivity index is 1.67. The summed E-state index contributed by atoms with van der Waals surface area (Å²) < 4.78 is 0. The molecule has 0 radical (unpaired) electrons. The smallest absolute Gasteiger partial charge is 0.155 e. The van der Waals surface area contributed by atoms with Gasteiger partial charge in [0.25, 0.3) is 0 Å². The lowest BCUT2D eigenvalue weighted by Crippen LogP contribution is -2.50. The Kier molecular flexibility index (Phi) is 4.13. The maximum absolute atomic E-state index is 6.03. The fourth-order valence-corrected chi connectivity index (χ4v) is 3.61. The number of halogens is 1. The molecule has 2 aliphatic rings. The van der Waals surface area contributed by atoms with Gasteiger partial charge >= 0.3 is 0 Å². The van der Waals surface area contributed by atoms with Gasteiger partial charge in [-0.1, -0.05) is 24.4 Å². The van der Waals surface area contributed by atoms with Crippen LogP contribution in [0.15, 0.2) is 0 Å². The molecule has 20 heavy (non-hydrogen) atoms. The number of hydrogen-bond acceptors (Lipinski definition) is 4. The number of piperazine rings is 1. The zero-order valence-corrected chi connectivity index (χ0v) is 13.2. The summed E-state index contributed by atoms with van der Waals surface area (Å²) >= 11 is 6.03. The average Bonchev–Trinajstić information content (AvgIpc) is 3.00. The zero-order chi connectivity index (χ0) is 14.1. The number of rotatable bonds is 2. The summed E-state index contributed by atoms with van der Waals surface area (Å²) in [4.78, 5) is 5.02. The molecule has 0 amide bonds. The number of nitrogens with zero attached hydrogens (tertiary/aromatic N) is 4. The lowest BCUT2D eigenvalue weighted by molar-refractivity contribution is 0.187. The van der Waals surface area contributed by atoms with Crippen LogP contribution in [0, 0.1) is 13.8 Å². The van der Waals surface area contributed by atoms with Crippen molar-refractivity contribution in [1.29, 1.82) is 0 Å². The molecule has 1 saturated carbocycles. The number of hydrogen-bond donors (Lipinski definition) is 0. The normalized spacial score (nSPS) is 21.6. The minimum Gasteiger partial charge on any atom is -0.352 e. The van der Waals surface area contributed by atoms with Crippen molar-refractivity contribution >= 4 is 17.4 Å². The molecule has 0 bridgehead atoms. The van der Waals surface area contributed by atoms with Crippen molar-refractivity contribution in [1.82, 2.24) is 15.1 Å². The fourth-order valence-electron chi connectivity index (χ4n) is 3.43. The molecule has 110 valence electrons. The molecule has 2 heterocycles. The molecule has 0 aromatic carbocycles. The molecule has 2 fully saturated rings. The largest absolute Gasteiger partial charge is 0.352 e. The van der Waals surface area contributed by atoms with E-state index in [-0.39, 0.29) is 0 Å². The van der Waals surface area contributed by atoms with Crippen LogP contribution >= 0.6 is 11.6 Å². The predicted octanol–water partition coefficient (Wildman–Crippen LogP) is 2.81. The first kappa shape index (κ1) is 14.1. The minimum absolute atomic E-state index is 0.524. The molecule has 1 aromatic rings. The highest BCUT2D eigenvalue weighted by atomic mass is 35.5. The van der Waals surface area contributed by atoms with Gasteiger partial charge in [-0.15, -0.1) is 10.2 Å². The molecule has 1 aliphatic heterocycles. The Morgan fingerprint density at radius 2 is 1.60 bits per heavy atom. The number of aromatic nitrogens is 2. The predicted molar refractivity (Wildman–Crippen MR) is 82.6 cm³/mol. The minimum atomic E-state index is 0.524. The van der Waals surface area contributed by atoms with E-state index in [1.807, 2.05) is 6.92 Å². The van der Waals surface area contributed by atoms with Crippen molar-refractivity contribution in [3.05, 3.63) is 16.3 Å². The van der Waals surface area contributed by atoms with Gasteiger partial charge in [0.2, 0.25) is 0 Å². The lowest BCUT2D eigenvalue weighted by atomic mass is 10.1. The van der Waals surface area contributed by atoms with Crippen molar-refractivity contribution < 1.29 is 0 Å². The van der Waals surface area contributed by atoms with Crippen LogP contribution in [0.2, 0.25) is 5.15 Å². The third-order valence-electron chi connectivity index (χ3n) is 4.89. The van der Waals surface area contributed by atoms with Gasteiger partial charge in [-0.25, -0.2) is 0 Å². The average molecular weight is 295 g/mol. The van der Waals surface area contributed by atoms with E-state index in [4.69, 9.17) is 11.6 Å². The van der Waals surface area contributed by atoms with Gasteiger partial charge in [0.15, 0.2) is 11.0 Å². The van der Waals surface area contributed by atoms with E-state index < -0.39 is 0 Å². The molecule has 1 aliphatic carbocycles. The second-order valence-corrected chi connectivity index (χ2v) is 6.38. The van der Waals surface area contributed by atoms with E-state index in [9.17, 15) is 0 Å². The quantitative estimate of drug-likeness (QED) is 0.839. The van der Waals surface area contributed by atoms with E-state index in [1.54, 1.807) is 0 Å². The topological polar surface area (TPSA) is 32.3 Å². The van der Waals surface area contributed by atoms with Crippen LogP contribution in [0.25, 0.3) is 0 Å². The van der Waals surface area contributed by atoms with Crippen LogP contribution in [0.4, 0.5) is 5.82 Å². The van der Waals surface area contributed by atoms with Crippen LogP contribution in [0.3, 0.4) is 0 Å². The Bertz CT molecular complexity index is 477. The van der Waals surface area contributed by atoms with Crippen molar-refractivity contribution in [2.45, 2.75) is 45.6 Å². The first-order chi connectivity index (χ1) is 9.66. The Labute approximate surface area is 126 Å². The van der Waals surface area contributed by atoms with Crippen LogP contribution in [-0.4, -0.2) is 47.3 Å². The van der Waals surface area contributed by atoms with Gasteiger partial charge in [-0.05, 0) is 37.8 Å². The highest BCUT2D eigenvalue weighted by Gasteiger charge is 2.27. The van der Waals surface area contributed by atoms with Crippen LogP contribution < -0.4 is 4.90 Å². The fraction of sp³-hybridized carbons (Fsp3) is 0.733. The summed E-state index contributed by atoms with van der Waals surface area (Å²) in [5.41, 5.74) is 2.22. The lowest BCUT2D eigenvalue weighted by Gasteiger charge is -2.39. The molecule has 0 spiro atoms. The van der Waals surface area contributed by atoms with E-state index in [2.05, 4.69) is 26.9 Å². The van der Waals surface area contributed by atoms with Crippen molar-refractivity contribution in [2.24, 2.45) is 0 Å². The molecular formula is C15H23ClN4. The second kappa shape index (κ2) is 5.86. The first-order valence-electron chi connectivity index (χ1n) is 7.65. The van der Waals surface area contributed by atoms with Gasteiger partial charge in [-0.2, -0.15) is 0 Å². The van der Waals surface area contributed by atoms with Crippen molar-refractivity contribution in [2.75, 3.05) is 31.1 Å². The van der Waals surface area contributed by atoms with Crippen LogP contribution in [0.5, 0.6) is 0 Å². The molecule has 5 heteroatoms. The van der Waals surface area contributed by atoms with Crippen LogP contribution in [-0.2, 0) is 0 Å². The summed E-state index contributed by atoms with van der Waals surface area (Å²) in [5.74, 6) is 1.01. The molecule has 4 nitrogen and oxygen atoms in total. The molecule has 1 saturated heterocycles. The van der Waals surface area contributed by atoms with E-state index >= 15 is 0 Å². The summed E-state index contributed by atoms with van der Waals surface area (Å²) in [6.07, 6.45) is 5.59. The van der Waals surface area contributed by atoms with Gasteiger partial charge in [0.1, 0.15) is 0 Å². The van der Waals surface area contributed by atoms with E-state index in [1.165, 1.54) is 31.2 Å². The van der Waals surface area contributed by atoms with Crippen molar-refractivity contribution in [3.8, 4) is 0 Å².